The standard InChI is InChI=1S/C10H14N4O2/c1-6-3-8(5-12-4-6)10(15)13-7(2)9(11)14-16/h3-5,7,16H,1-2H3,(H2,11,14)(H,13,15). The summed E-state index contributed by atoms with van der Waals surface area (Å²) in [5.74, 6) is -0.357. The van der Waals surface area contributed by atoms with E-state index in [-0.39, 0.29) is 11.7 Å². The second-order valence-corrected chi connectivity index (χ2v) is 3.47. The van der Waals surface area contributed by atoms with E-state index in [0.29, 0.717) is 5.56 Å². The molecule has 0 aliphatic heterocycles. The summed E-state index contributed by atoms with van der Waals surface area (Å²) in [6, 6.07) is 1.18. The fraction of sp³-hybridized carbons (Fsp3) is 0.300. The number of amidine groups is 1. The molecule has 1 atom stereocenters. The maximum Gasteiger partial charge on any atom is 0.253 e. The van der Waals surface area contributed by atoms with E-state index >= 15 is 0 Å². The van der Waals surface area contributed by atoms with Crippen molar-refractivity contribution in [1.82, 2.24) is 10.3 Å². The van der Waals surface area contributed by atoms with Crippen LogP contribution in [0.4, 0.5) is 0 Å². The molecular formula is C10H14N4O2. The fourth-order valence-corrected chi connectivity index (χ4v) is 1.12. The first kappa shape index (κ1) is 12.0. The number of amides is 1. The van der Waals surface area contributed by atoms with Gasteiger partial charge >= 0.3 is 0 Å². The topological polar surface area (TPSA) is 101 Å². The fourth-order valence-electron chi connectivity index (χ4n) is 1.12. The lowest BCUT2D eigenvalue weighted by Crippen LogP contribution is -2.42. The molecule has 1 heterocycles. The molecule has 6 heteroatoms. The van der Waals surface area contributed by atoms with E-state index in [1.165, 1.54) is 6.20 Å². The molecule has 0 saturated heterocycles. The number of pyridine rings is 1. The van der Waals surface area contributed by atoms with Crippen molar-refractivity contribution >= 4 is 11.7 Å². The number of aromatic nitrogens is 1. The van der Waals surface area contributed by atoms with Gasteiger partial charge < -0.3 is 16.3 Å². The molecule has 6 nitrogen and oxygen atoms in total. The average molecular weight is 222 g/mol. The van der Waals surface area contributed by atoms with Gasteiger partial charge in [-0.15, -0.1) is 0 Å². The Morgan fingerprint density at radius 1 is 1.62 bits per heavy atom. The Kier molecular flexibility index (Phi) is 3.82. The second kappa shape index (κ2) is 5.11. The van der Waals surface area contributed by atoms with E-state index in [1.807, 2.05) is 6.92 Å². The summed E-state index contributed by atoms with van der Waals surface area (Å²) in [7, 11) is 0. The quantitative estimate of drug-likeness (QED) is 0.295. The van der Waals surface area contributed by atoms with Gasteiger partial charge in [-0.2, -0.15) is 0 Å². The predicted octanol–water partition coefficient (Wildman–Crippen LogP) is 0.255. The zero-order valence-corrected chi connectivity index (χ0v) is 9.14. The molecule has 0 aliphatic carbocycles. The van der Waals surface area contributed by atoms with Crippen LogP contribution in [0.1, 0.15) is 22.8 Å². The van der Waals surface area contributed by atoms with E-state index in [0.717, 1.165) is 5.56 Å². The molecule has 1 unspecified atom stereocenters. The molecule has 4 N–H and O–H groups in total. The van der Waals surface area contributed by atoms with Crippen LogP contribution in [0.15, 0.2) is 23.6 Å². The summed E-state index contributed by atoms with van der Waals surface area (Å²) >= 11 is 0. The molecule has 0 radical (unpaired) electrons. The van der Waals surface area contributed by atoms with Crippen LogP contribution in [0.3, 0.4) is 0 Å². The Balaban J connectivity index is 2.73. The highest BCUT2D eigenvalue weighted by atomic mass is 16.4. The van der Waals surface area contributed by atoms with Gasteiger partial charge in [0.25, 0.3) is 5.91 Å². The molecule has 0 bridgehead atoms. The van der Waals surface area contributed by atoms with E-state index in [1.54, 1.807) is 19.2 Å². The SMILES string of the molecule is Cc1cncc(C(=O)NC(C)C(N)=NO)c1. The first-order chi connectivity index (χ1) is 7.54. The largest absolute Gasteiger partial charge is 0.409 e. The van der Waals surface area contributed by atoms with Crippen LogP contribution >= 0.6 is 0 Å². The predicted molar refractivity (Wildman–Crippen MR) is 59.3 cm³/mol. The minimum absolute atomic E-state index is 0.0473. The number of nitrogens with two attached hydrogens (primary N) is 1. The van der Waals surface area contributed by atoms with Gasteiger partial charge in [-0.3, -0.25) is 9.78 Å². The normalized spacial score (nSPS) is 13.2. The summed E-state index contributed by atoms with van der Waals surface area (Å²) in [5, 5.41) is 13.8. The van der Waals surface area contributed by atoms with Crippen molar-refractivity contribution in [2.45, 2.75) is 19.9 Å². The highest BCUT2D eigenvalue weighted by Gasteiger charge is 2.13. The minimum Gasteiger partial charge on any atom is -0.409 e. The molecule has 0 saturated carbocycles. The number of hydrogen-bond donors (Lipinski definition) is 3. The lowest BCUT2D eigenvalue weighted by atomic mass is 10.2. The molecule has 1 rings (SSSR count). The molecule has 1 aromatic rings. The van der Waals surface area contributed by atoms with Crippen LogP contribution in [-0.2, 0) is 0 Å². The zero-order valence-electron chi connectivity index (χ0n) is 9.14. The van der Waals surface area contributed by atoms with Gasteiger partial charge in [0.2, 0.25) is 0 Å². The minimum atomic E-state index is -0.530. The van der Waals surface area contributed by atoms with Crippen molar-refractivity contribution in [2.24, 2.45) is 10.9 Å². The summed E-state index contributed by atoms with van der Waals surface area (Å²) < 4.78 is 0. The third-order valence-electron chi connectivity index (χ3n) is 2.04. The number of oxime groups is 1. The van der Waals surface area contributed by atoms with Gasteiger partial charge in [-0.05, 0) is 25.5 Å². The molecule has 0 aliphatic rings. The Morgan fingerprint density at radius 3 is 2.88 bits per heavy atom. The molecule has 0 fully saturated rings. The smallest absolute Gasteiger partial charge is 0.253 e. The van der Waals surface area contributed by atoms with Crippen LogP contribution < -0.4 is 11.1 Å². The van der Waals surface area contributed by atoms with E-state index in [4.69, 9.17) is 10.9 Å². The summed E-state index contributed by atoms with van der Waals surface area (Å²) in [6.07, 6.45) is 3.12. The third kappa shape index (κ3) is 2.94. The first-order valence-electron chi connectivity index (χ1n) is 4.74. The van der Waals surface area contributed by atoms with Gasteiger partial charge in [-0.25, -0.2) is 0 Å². The van der Waals surface area contributed by atoms with Crippen LogP contribution in [-0.4, -0.2) is 28.0 Å². The monoisotopic (exact) mass is 222 g/mol. The van der Waals surface area contributed by atoms with Crippen LogP contribution in [0.25, 0.3) is 0 Å². The van der Waals surface area contributed by atoms with Crippen LogP contribution in [0, 0.1) is 6.92 Å². The first-order valence-corrected chi connectivity index (χ1v) is 4.74. The zero-order chi connectivity index (χ0) is 12.1. The summed E-state index contributed by atoms with van der Waals surface area (Å²) in [6.45, 7) is 3.47. The number of carbonyl (C=O) groups excluding carboxylic acids is 1. The lowest BCUT2D eigenvalue weighted by molar-refractivity contribution is 0.0948. The number of aryl methyl sites for hydroxylation is 1. The van der Waals surface area contributed by atoms with Crippen molar-refractivity contribution in [3.05, 3.63) is 29.6 Å². The number of nitrogens with zero attached hydrogens (tertiary/aromatic N) is 2. The summed E-state index contributed by atoms with van der Waals surface area (Å²) in [4.78, 5) is 15.6. The highest BCUT2D eigenvalue weighted by Crippen LogP contribution is 2.01. The van der Waals surface area contributed by atoms with Crippen molar-refractivity contribution in [1.29, 1.82) is 0 Å². The van der Waals surface area contributed by atoms with Gasteiger partial charge in [0.1, 0.15) is 0 Å². The van der Waals surface area contributed by atoms with Crippen molar-refractivity contribution in [3.63, 3.8) is 0 Å². The molecular weight excluding hydrogens is 208 g/mol. The molecule has 0 spiro atoms. The van der Waals surface area contributed by atoms with E-state index in [9.17, 15) is 4.79 Å². The maximum atomic E-state index is 11.7. The third-order valence-corrected chi connectivity index (χ3v) is 2.04. The van der Waals surface area contributed by atoms with E-state index < -0.39 is 6.04 Å². The Labute approximate surface area is 93.2 Å². The maximum absolute atomic E-state index is 11.7. The number of hydrogen-bond acceptors (Lipinski definition) is 4. The Morgan fingerprint density at radius 2 is 2.31 bits per heavy atom. The molecule has 16 heavy (non-hydrogen) atoms. The van der Waals surface area contributed by atoms with Gasteiger partial charge in [-0.1, -0.05) is 5.16 Å². The van der Waals surface area contributed by atoms with Crippen LogP contribution in [0.5, 0.6) is 0 Å². The molecule has 1 aromatic heterocycles. The Hall–Kier alpha value is -2.11. The van der Waals surface area contributed by atoms with Gasteiger partial charge in [0, 0.05) is 12.4 Å². The van der Waals surface area contributed by atoms with Crippen LogP contribution in [0.2, 0.25) is 0 Å². The molecule has 1 amide bonds. The lowest BCUT2D eigenvalue weighted by Gasteiger charge is -2.11. The van der Waals surface area contributed by atoms with Crippen molar-refractivity contribution in [2.75, 3.05) is 0 Å². The Bertz CT molecular complexity index is 417. The van der Waals surface area contributed by atoms with Gasteiger partial charge in [0.05, 0.1) is 11.6 Å². The van der Waals surface area contributed by atoms with Crippen molar-refractivity contribution < 1.29 is 10.0 Å². The number of rotatable bonds is 3. The number of carbonyl (C=O) groups is 1. The average Bonchev–Trinajstić information content (AvgIpc) is 2.27. The summed E-state index contributed by atoms with van der Waals surface area (Å²) in [5.41, 5.74) is 6.68. The highest BCUT2D eigenvalue weighted by molar-refractivity contribution is 5.97. The van der Waals surface area contributed by atoms with Crippen molar-refractivity contribution in [3.8, 4) is 0 Å². The van der Waals surface area contributed by atoms with Gasteiger partial charge in [0.15, 0.2) is 5.84 Å². The number of nitrogens with one attached hydrogen (secondary N) is 1. The second-order valence-electron chi connectivity index (χ2n) is 3.47. The molecule has 86 valence electrons. The molecule has 0 aromatic carbocycles. The van der Waals surface area contributed by atoms with E-state index in [2.05, 4.69) is 15.5 Å².